The summed E-state index contributed by atoms with van der Waals surface area (Å²) in [6.45, 7) is 3.17. The standard InChI is InChI=1S/C24H27O.BrH.Mg/c1-24(20-12-18-11-19(14-20)15-21(24)13-18)22-9-5-6-10-23(22)25-16-17-7-3-2-4-8-17;;/h2-5,7-10,18-21H,11-16H2,1H3;1H;/q-1;;+2/p-1. The molecule has 0 N–H and O–H groups in total. The summed E-state index contributed by atoms with van der Waals surface area (Å²) < 4.78 is 6.31. The van der Waals surface area contributed by atoms with Gasteiger partial charge in [0.15, 0.2) is 0 Å². The van der Waals surface area contributed by atoms with Crippen molar-refractivity contribution in [2.24, 2.45) is 23.7 Å². The van der Waals surface area contributed by atoms with E-state index in [-0.39, 0.29) is 45.4 Å². The second kappa shape index (κ2) is 8.47. The maximum Gasteiger partial charge on any atom is 2.00 e. The van der Waals surface area contributed by atoms with Crippen molar-refractivity contribution < 1.29 is 21.7 Å². The largest absolute Gasteiger partial charge is 2.00 e. The number of hydrogen-bond acceptors (Lipinski definition) is 1. The maximum absolute atomic E-state index is 6.31. The van der Waals surface area contributed by atoms with Crippen molar-refractivity contribution in [3.63, 3.8) is 0 Å². The first-order valence-corrected chi connectivity index (χ1v) is 9.90. The number of ether oxygens (including phenoxy) is 1. The van der Waals surface area contributed by atoms with Crippen LogP contribution in [0.3, 0.4) is 0 Å². The second-order valence-corrected chi connectivity index (χ2v) is 8.78. The third-order valence-electron chi connectivity index (χ3n) is 7.48. The Kier molecular flexibility index (Phi) is 6.65. The average Bonchev–Trinajstić information content (AvgIpc) is 2.65. The SMILES string of the molecule is CC1(c2cc[c-]cc2OCc2ccccc2)C2CC3CC(C2)CC1C3.[Br-].[Mg+2]. The number of benzene rings is 2. The van der Waals surface area contributed by atoms with Gasteiger partial charge < -0.3 is 21.7 Å². The third-order valence-corrected chi connectivity index (χ3v) is 7.48. The van der Waals surface area contributed by atoms with Crippen LogP contribution < -0.4 is 21.7 Å². The van der Waals surface area contributed by atoms with Gasteiger partial charge in [0.2, 0.25) is 0 Å². The summed E-state index contributed by atoms with van der Waals surface area (Å²) in [7, 11) is 0. The second-order valence-electron chi connectivity index (χ2n) is 8.78. The van der Waals surface area contributed by atoms with Gasteiger partial charge >= 0.3 is 23.1 Å². The van der Waals surface area contributed by atoms with Crippen LogP contribution in [0.1, 0.15) is 50.2 Å². The van der Waals surface area contributed by atoms with E-state index < -0.39 is 0 Å². The summed E-state index contributed by atoms with van der Waals surface area (Å²) in [5.74, 6) is 4.73. The molecule has 4 aliphatic rings. The Hall–Kier alpha value is -0.514. The fraction of sp³-hybridized carbons (Fsp3) is 0.500. The molecule has 1 nitrogen and oxygen atoms in total. The summed E-state index contributed by atoms with van der Waals surface area (Å²) >= 11 is 0. The first-order chi connectivity index (χ1) is 12.2. The van der Waals surface area contributed by atoms with Crippen LogP contribution in [0.15, 0.2) is 48.5 Å². The van der Waals surface area contributed by atoms with E-state index >= 15 is 0 Å². The Balaban J connectivity index is 0.00000105. The summed E-state index contributed by atoms with van der Waals surface area (Å²) in [4.78, 5) is 0. The summed E-state index contributed by atoms with van der Waals surface area (Å²) in [6.07, 6.45) is 7.23. The van der Waals surface area contributed by atoms with Crippen LogP contribution in [-0.4, -0.2) is 23.1 Å². The number of hydrogen-bond donors (Lipinski definition) is 0. The van der Waals surface area contributed by atoms with Crippen molar-refractivity contribution in [2.45, 2.75) is 51.0 Å². The maximum atomic E-state index is 6.31. The predicted octanol–water partition coefficient (Wildman–Crippen LogP) is 2.40. The molecule has 3 heteroatoms. The Morgan fingerprint density at radius 2 is 1.59 bits per heavy atom. The molecule has 0 radical (unpaired) electrons. The molecule has 4 saturated carbocycles. The van der Waals surface area contributed by atoms with Crippen molar-refractivity contribution >= 4 is 23.1 Å². The zero-order chi connectivity index (χ0) is 16.9. The molecule has 0 aromatic heterocycles. The Bertz CT molecular complexity index is 732. The normalized spacial score (nSPS) is 33.1. The van der Waals surface area contributed by atoms with Crippen LogP contribution in [0.5, 0.6) is 5.75 Å². The van der Waals surface area contributed by atoms with Crippen molar-refractivity contribution in [1.29, 1.82) is 0 Å². The molecule has 4 fully saturated rings. The zero-order valence-corrected chi connectivity index (χ0v) is 19.2. The van der Waals surface area contributed by atoms with Gasteiger partial charge in [-0.05, 0) is 66.8 Å². The summed E-state index contributed by atoms with van der Waals surface area (Å²) in [6, 6.07) is 20.2. The molecule has 0 spiro atoms. The topological polar surface area (TPSA) is 9.23 Å². The predicted molar refractivity (Wildman–Crippen MR) is 106 cm³/mol. The van der Waals surface area contributed by atoms with Gasteiger partial charge in [-0.25, -0.2) is 0 Å². The van der Waals surface area contributed by atoms with Crippen LogP contribution in [0.25, 0.3) is 0 Å². The minimum atomic E-state index is 0. The van der Waals surface area contributed by atoms with E-state index in [2.05, 4.69) is 61.5 Å². The fourth-order valence-electron chi connectivity index (χ4n) is 6.32. The number of rotatable bonds is 4. The van der Waals surface area contributed by atoms with Crippen LogP contribution in [-0.2, 0) is 12.0 Å². The molecular formula is C24H27BrMgO. The minimum absolute atomic E-state index is 0. The molecule has 0 heterocycles. The van der Waals surface area contributed by atoms with Crippen LogP contribution in [0.4, 0.5) is 0 Å². The summed E-state index contributed by atoms with van der Waals surface area (Å²) in [5.41, 5.74) is 2.96. The van der Waals surface area contributed by atoms with Crippen LogP contribution in [0.2, 0.25) is 0 Å². The van der Waals surface area contributed by atoms with E-state index in [0.29, 0.717) is 6.61 Å². The average molecular weight is 436 g/mol. The minimum Gasteiger partial charge on any atom is -1.00 e. The van der Waals surface area contributed by atoms with Gasteiger partial charge in [-0.1, -0.05) is 37.3 Å². The van der Waals surface area contributed by atoms with E-state index in [1.165, 1.54) is 43.2 Å². The quantitative estimate of drug-likeness (QED) is 0.529. The Morgan fingerprint density at radius 1 is 0.963 bits per heavy atom. The van der Waals surface area contributed by atoms with Crippen molar-refractivity contribution in [1.82, 2.24) is 0 Å². The van der Waals surface area contributed by atoms with Gasteiger partial charge in [0.05, 0.1) is 6.61 Å². The monoisotopic (exact) mass is 434 g/mol. The molecule has 4 bridgehead atoms. The third kappa shape index (κ3) is 3.72. The van der Waals surface area contributed by atoms with Gasteiger partial charge in [-0.15, -0.1) is 11.6 Å². The Labute approximate surface area is 190 Å². The molecule has 0 saturated heterocycles. The smallest absolute Gasteiger partial charge is 1.00 e. The number of halogens is 1. The van der Waals surface area contributed by atoms with E-state index in [0.717, 1.165) is 29.4 Å². The van der Waals surface area contributed by atoms with Crippen molar-refractivity contribution in [2.75, 3.05) is 0 Å². The molecule has 0 unspecified atom stereocenters. The van der Waals surface area contributed by atoms with Gasteiger partial charge in [-0.2, -0.15) is 18.2 Å². The van der Waals surface area contributed by atoms with Crippen molar-refractivity contribution in [3.8, 4) is 5.75 Å². The molecule has 27 heavy (non-hydrogen) atoms. The molecule has 2 aromatic carbocycles. The molecule has 2 aromatic rings. The van der Waals surface area contributed by atoms with E-state index in [4.69, 9.17) is 4.74 Å². The van der Waals surface area contributed by atoms with E-state index in [1.54, 1.807) is 0 Å². The van der Waals surface area contributed by atoms with Crippen molar-refractivity contribution in [3.05, 3.63) is 65.7 Å². The van der Waals surface area contributed by atoms with Gasteiger partial charge in [0.25, 0.3) is 0 Å². The first-order valence-electron chi connectivity index (χ1n) is 9.90. The molecule has 0 aliphatic heterocycles. The van der Waals surface area contributed by atoms with Gasteiger partial charge in [-0.3, -0.25) is 0 Å². The van der Waals surface area contributed by atoms with Crippen LogP contribution >= 0.6 is 0 Å². The molecule has 4 aliphatic carbocycles. The molecular weight excluding hydrogens is 408 g/mol. The van der Waals surface area contributed by atoms with Crippen LogP contribution in [0, 0.1) is 29.7 Å². The van der Waals surface area contributed by atoms with E-state index in [1.807, 2.05) is 0 Å². The van der Waals surface area contributed by atoms with E-state index in [9.17, 15) is 0 Å². The molecule has 0 amide bonds. The molecule has 0 atom stereocenters. The summed E-state index contributed by atoms with van der Waals surface area (Å²) in [5, 5.41) is 0. The fourth-order valence-corrected chi connectivity index (χ4v) is 6.32. The first kappa shape index (κ1) is 21.2. The molecule has 138 valence electrons. The zero-order valence-electron chi connectivity index (χ0n) is 16.2. The molecule has 6 rings (SSSR count). The Morgan fingerprint density at radius 3 is 2.22 bits per heavy atom. The van der Waals surface area contributed by atoms with Gasteiger partial charge in [0.1, 0.15) is 0 Å². The van der Waals surface area contributed by atoms with Gasteiger partial charge in [0, 0.05) is 5.75 Å².